The van der Waals surface area contributed by atoms with E-state index in [0.29, 0.717) is 37.6 Å². The van der Waals surface area contributed by atoms with Crippen molar-refractivity contribution < 1.29 is 18.0 Å². The van der Waals surface area contributed by atoms with E-state index in [-0.39, 0.29) is 17.8 Å². The Morgan fingerprint density at radius 3 is 2.50 bits per heavy atom. The lowest BCUT2D eigenvalue weighted by atomic mass is 10.1. The summed E-state index contributed by atoms with van der Waals surface area (Å²) in [5.41, 5.74) is -0.332. The zero-order chi connectivity index (χ0) is 20.3. The predicted molar refractivity (Wildman–Crippen MR) is 96.2 cm³/mol. The van der Waals surface area contributed by atoms with Gasteiger partial charge in [-0.2, -0.15) is 13.2 Å². The lowest BCUT2D eigenvalue weighted by Gasteiger charge is -2.35. The average Bonchev–Trinajstić information content (AvgIpc) is 2.68. The number of rotatable bonds is 4. The van der Waals surface area contributed by atoms with Gasteiger partial charge in [0.2, 0.25) is 5.91 Å². The number of halogens is 3. The van der Waals surface area contributed by atoms with Crippen molar-refractivity contribution in [3.8, 4) is 0 Å². The van der Waals surface area contributed by atoms with E-state index in [4.69, 9.17) is 10.8 Å². The largest absolute Gasteiger partial charge is 0.416 e. The quantitative estimate of drug-likeness (QED) is 0.614. The summed E-state index contributed by atoms with van der Waals surface area (Å²) in [5.74, 6) is 0.382. The molecule has 1 aromatic heterocycles. The number of nitrogens with one attached hydrogen (secondary N) is 2. The Morgan fingerprint density at radius 1 is 1.14 bits per heavy atom. The van der Waals surface area contributed by atoms with Crippen LogP contribution in [0.15, 0.2) is 36.4 Å². The van der Waals surface area contributed by atoms with E-state index >= 15 is 0 Å². The summed E-state index contributed by atoms with van der Waals surface area (Å²) in [6, 6.07) is 8.05. The third-order valence-corrected chi connectivity index (χ3v) is 4.54. The van der Waals surface area contributed by atoms with Gasteiger partial charge in [0, 0.05) is 26.2 Å². The van der Waals surface area contributed by atoms with Gasteiger partial charge in [-0.1, -0.05) is 18.2 Å². The van der Waals surface area contributed by atoms with Crippen molar-refractivity contribution in [3.05, 3.63) is 53.0 Å². The summed E-state index contributed by atoms with van der Waals surface area (Å²) in [7, 11) is 0. The van der Waals surface area contributed by atoms with E-state index < -0.39 is 11.7 Å². The van der Waals surface area contributed by atoms with E-state index in [1.54, 1.807) is 17.0 Å². The van der Waals surface area contributed by atoms with Crippen LogP contribution in [0.25, 0.3) is 0 Å². The molecule has 28 heavy (non-hydrogen) atoms. The molecule has 7 nitrogen and oxygen atoms in total. The molecule has 1 fully saturated rings. The molecule has 1 aromatic carbocycles. The number of hydrogen-bond donors (Lipinski definition) is 2. The van der Waals surface area contributed by atoms with Crippen LogP contribution in [0.1, 0.15) is 11.1 Å². The molecule has 2 aromatic rings. The number of benzene rings is 1. The predicted octanol–water partition coefficient (Wildman–Crippen LogP) is 1.73. The van der Waals surface area contributed by atoms with Crippen LogP contribution in [0.5, 0.6) is 0 Å². The summed E-state index contributed by atoms with van der Waals surface area (Å²) < 4.78 is 39.6. The molecule has 0 radical (unpaired) electrons. The Balaban J connectivity index is 1.61. The monoisotopic (exact) mass is 392 g/mol. The van der Waals surface area contributed by atoms with Crippen molar-refractivity contribution >= 4 is 18.1 Å². The van der Waals surface area contributed by atoms with Crippen LogP contribution in [-0.2, 0) is 17.4 Å². The van der Waals surface area contributed by atoms with Crippen LogP contribution >= 0.6 is 0 Å². The molecular weight excluding hydrogens is 373 g/mol. The van der Waals surface area contributed by atoms with E-state index in [9.17, 15) is 18.0 Å². The fourth-order valence-corrected chi connectivity index (χ4v) is 3.02. The number of carbonyl (C=O) groups excluding carboxylic acids is 1. The van der Waals surface area contributed by atoms with E-state index in [1.165, 1.54) is 12.1 Å². The number of amides is 1. The fraction of sp³-hybridized carbons (Fsp3) is 0.333. The first-order chi connectivity index (χ1) is 13.3. The van der Waals surface area contributed by atoms with Crippen LogP contribution in [0.2, 0.25) is 0 Å². The van der Waals surface area contributed by atoms with Crippen LogP contribution in [-0.4, -0.2) is 53.1 Å². The lowest BCUT2D eigenvalue weighted by Crippen LogP contribution is -2.49. The number of carbonyl (C=O) groups is 1. The number of piperazine rings is 1. The molecule has 2 heterocycles. The molecule has 0 aliphatic carbocycles. The molecule has 3 rings (SSSR count). The molecule has 0 bridgehead atoms. The molecular formula is C18H19F3N6O. The van der Waals surface area contributed by atoms with Crippen LogP contribution in [0.4, 0.5) is 19.0 Å². The zero-order valence-electron chi connectivity index (χ0n) is 14.9. The van der Waals surface area contributed by atoms with Gasteiger partial charge < -0.3 is 9.80 Å². The minimum absolute atomic E-state index is 0.0798. The van der Waals surface area contributed by atoms with Gasteiger partial charge in [0.1, 0.15) is 17.6 Å². The molecule has 0 unspecified atom stereocenters. The number of hydrogen-bond acceptors (Lipinski definition) is 5. The van der Waals surface area contributed by atoms with E-state index in [2.05, 4.69) is 5.10 Å². The van der Waals surface area contributed by atoms with Crippen LogP contribution in [0.3, 0.4) is 0 Å². The Morgan fingerprint density at radius 2 is 1.86 bits per heavy atom. The van der Waals surface area contributed by atoms with Gasteiger partial charge in [-0.05, 0) is 23.8 Å². The van der Waals surface area contributed by atoms with Gasteiger partial charge in [-0.15, -0.1) is 5.10 Å². The van der Waals surface area contributed by atoms with Crippen molar-refractivity contribution in [1.29, 1.82) is 10.8 Å². The highest BCUT2D eigenvalue weighted by Gasteiger charge is 2.30. The second-order valence-corrected chi connectivity index (χ2v) is 6.39. The van der Waals surface area contributed by atoms with Crippen molar-refractivity contribution in [3.63, 3.8) is 0 Å². The third kappa shape index (κ3) is 4.38. The maximum atomic E-state index is 12.8. The van der Waals surface area contributed by atoms with Crippen molar-refractivity contribution in [2.45, 2.75) is 12.6 Å². The maximum absolute atomic E-state index is 12.8. The molecule has 0 atom stereocenters. The molecule has 10 heteroatoms. The van der Waals surface area contributed by atoms with Gasteiger partial charge in [0.25, 0.3) is 0 Å². The Kier molecular flexibility index (Phi) is 5.48. The third-order valence-electron chi connectivity index (χ3n) is 4.54. The Hall–Kier alpha value is -3.17. The highest BCUT2D eigenvalue weighted by atomic mass is 19.4. The molecule has 0 saturated carbocycles. The van der Waals surface area contributed by atoms with E-state index in [1.807, 2.05) is 4.90 Å². The van der Waals surface area contributed by atoms with Crippen molar-refractivity contribution in [2.75, 3.05) is 31.1 Å². The molecule has 1 aliphatic heterocycles. The van der Waals surface area contributed by atoms with Gasteiger partial charge >= 0.3 is 6.18 Å². The van der Waals surface area contributed by atoms with Gasteiger partial charge in [-0.25, -0.2) is 4.68 Å². The number of nitrogens with zero attached hydrogens (tertiary/aromatic N) is 4. The van der Waals surface area contributed by atoms with Crippen molar-refractivity contribution in [1.82, 2.24) is 14.7 Å². The number of aromatic nitrogens is 2. The number of alkyl halides is 3. The first-order valence-corrected chi connectivity index (χ1v) is 8.62. The summed E-state index contributed by atoms with van der Waals surface area (Å²) in [4.78, 5) is 16.0. The molecule has 1 amide bonds. The Labute approximate surface area is 159 Å². The minimum atomic E-state index is -4.43. The topological polar surface area (TPSA) is 89.1 Å². The van der Waals surface area contributed by atoms with Crippen LogP contribution < -0.4 is 10.4 Å². The second-order valence-electron chi connectivity index (χ2n) is 6.39. The fourth-order valence-electron chi connectivity index (χ4n) is 3.02. The number of anilines is 1. The van der Waals surface area contributed by atoms with Gasteiger partial charge in [-0.3, -0.25) is 15.6 Å². The normalized spacial score (nSPS) is 14.8. The summed E-state index contributed by atoms with van der Waals surface area (Å²) >= 11 is 0. The summed E-state index contributed by atoms with van der Waals surface area (Å²) in [5, 5.41) is 19.1. The smallest absolute Gasteiger partial charge is 0.352 e. The molecule has 148 valence electrons. The molecule has 1 saturated heterocycles. The average molecular weight is 392 g/mol. The van der Waals surface area contributed by atoms with Gasteiger partial charge in [0.05, 0.1) is 12.0 Å². The highest BCUT2D eigenvalue weighted by molar-refractivity contribution is 5.79. The summed E-state index contributed by atoms with van der Waals surface area (Å²) in [6.07, 6.45) is -3.57. The maximum Gasteiger partial charge on any atom is 0.416 e. The van der Waals surface area contributed by atoms with Crippen LogP contribution in [0, 0.1) is 10.8 Å². The molecule has 0 spiro atoms. The first kappa shape index (κ1) is 19.6. The standard InChI is InChI=1S/C18H19F3N6O/c19-18(20,21)14-3-1-2-13(10-14)11-17(28)26-8-6-25(7-9-26)16-5-4-15(23)27(12-22)24-16/h1-5,10,12,22-23H,6-9,11H2. The molecule has 1 aliphatic rings. The minimum Gasteiger partial charge on any atom is -0.352 e. The second kappa shape index (κ2) is 7.83. The first-order valence-electron chi connectivity index (χ1n) is 8.62. The Bertz CT molecular complexity index is 931. The highest BCUT2D eigenvalue weighted by Crippen LogP contribution is 2.29. The van der Waals surface area contributed by atoms with E-state index in [0.717, 1.165) is 23.2 Å². The SMILES string of the molecule is N=Cn1nc(N2CCN(C(=O)Cc3cccc(C(F)(F)F)c3)CC2)ccc1=N. The van der Waals surface area contributed by atoms with Gasteiger partial charge in [0.15, 0.2) is 0 Å². The summed E-state index contributed by atoms with van der Waals surface area (Å²) in [6.45, 7) is 1.87. The zero-order valence-corrected chi connectivity index (χ0v) is 14.9. The lowest BCUT2D eigenvalue weighted by molar-refractivity contribution is -0.138. The molecule has 2 N–H and O–H groups in total. The van der Waals surface area contributed by atoms with Crippen molar-refractivity contribution in [2.24, 2.45) is 0 Å².